The predicted octanol–water partition coefficient (Wildman–Crippen LogP) is 2.94. The predicted molar refractivity (Wildman–Crippen MR) is 67.4 cm³/mol. The maximum Gasteiger partial charge on any atom is 0.217 e. The maximum atomic E-state index is 5.79. The first-order chi connectivity index (χ1) is 7.97. The molecule has 0 fully saturated rings. The summed E-state index contributed by atoms with van der Waals surface area (Å²) in [6.07, 6.45) is 0. The van der Waals surface area contributed by atoms with Crippen molar-refractivity contribution in [2.75, 3.05) is 27.4 Å². The van der Waals surface area contributed by atoms with Gasteiger partial charge in [-0.3, -0.25) is 0 Å². The number of methoxy groups -OCH3 is 2. The van der Waals surface area contributed by atoms with Crippen LogP contribution in [0.4, 0.5) is 0 Å². The molecule has 0 saturated heterocycles. The highest BCUT2D eigenvalue weighted by Gasteiger charge is 2.25. The van der Waals surface area contributed by atoms with E-state index >= 15 is 0 Å². The molecule has 0 radical (unpaired) electrons. The number of aromatic nitrogens is 1. The van der Waals surface area contributed by atoms with Crippen LogP contribution in [-0.4, -0.2) is 32.4 Å². The van der Waals surface area contributed by atoms with E-state index in [-0.39, 0.29) is 0 Å². The van der Waals surface area contributed by atoms with Gasteiger partial charge >= 0.3 is 0 Å². The average molecular weight is 301 g/mol. The van der Waals surface area contributed by atoms with E-state index in [0.29, 0.717) is 30.5 Å². The number of rotatable bonds is 5. The van der Waals surface area contributed by atoms with Crippen LogP contribution in [0.5, 0.6) is 11.8 Å². The first-order valence-electron chi connectivity index (χ1n) is 4.72. The Labute approximate surface area is 115 Å². The zero-order valence-corrected chi connectivity index (χ0v) is 11.6. The van der Waals surface area contributed by atoms with E-state index in [4.69, 9.17) is 49.0 Å². The summed E-state index contributed by atoms with van der Waals surface area (Å²) < 4.78 is 13.6. The molecule has 0 amide bonds. The lowest BCUT2D eigenvalue weighted by molar-refractivity contribution is 0.143. The maximum absolute atomic E-state index is 5.79. The zero-order chi connectivity index (χ0) is 12.9. The number of nitrogens with zero attached hydrogens (tertiary/aromatic N) is 1. The van der Waals surface area contributed by atoms with Crippen LogP contribution in [-0.2, 0) is 8.53 Å². The minimum absolute atomic E-state index is 0.321. The monoisotopic (exact) mass is 299 g/mol. The number of pyridine rings is 1. The van der Waals surface area contributed by atoms with Crippen molar-refractivity contribution in [1.29, 1.82) is 0 Å². The number of hydrogen-bond acceptors (Lipinski definition) is 4. The molecular formula is C10H12Cl3NO3. The van der Waals surface area contributed by atoms with Gasteiger partial charge in [0, 0.05) is 24.8 Å². The van der Waals surface area contributed by atoms with Crippen molar-refractivity contribution in [3.05, 3.63) is 17.7 Å². The topological polar surface area (TPSA) is 40.6 Å². The Morgan fingerprint density at radius 2 is 1.76 bits per heavy atom. The van der Waals surface area contributed by atoms with Crippen molar-refractivity contribution >= 4 is 34.8 Å². The Morgan fingerprint density at radius 1 is 1.12 bits per heavy atom. The highest BCUT2D eigenvalue weighted by atomic mass is 35.6. The fourth-order valence-electron chi connectivity index (χ4n) is 1.05. The van der Waals surface area contributed by atoms with Crippen molar-refractivity contribution in [3.63, 3.8) is 0 Å². The molecule has 0 saturated carbocycles. The first kappa shape index (κ1) is 14.6. The third-order valence-corrected chi connectivity index (χ3v) is 2.51. The summed E-state index contributed by atoms with van der Waals surface area (Å²) in [5, 5.41) is 0. The molecule has 0 aliphatic rings. The van der Waals surface area contributed by atoms with E-state index in [0.717, 1.165) is 0 Å². The molecule has 0 aromatic carbocycles. The molecule has 96 valence electrons. The lowest BCUT2D eigenvalue weighted by Crippen LogP contribution is -2.08. The number of ether oxygens (including phenoxy) is 3. The van der Waals surface area contributed by atoms with Gasteiger partial charge in [-0.2, -0.15) is 4.98 Å². The standard InChI is InChI=1S/C10H12Cl3NO3/c1-15-3-4-17-9-6-7(10(11,12)13)5-8(14-9)16-2/h5-6H,3-4H2,1-2H3. The second kappa shape index (κ2) is 6.50. The molecule has 7 heteroatoms. The van der Waals surface area contributed by atoms with Gasteiger partial charge in [0.15, 0.2) is 0 Å². The van der Waals surface area contributed by atoms with Crippen LogP contribution in [0.15, 0.2) is 12.1 Å². The van der Waals surface area contributed by atoms with Crippen LogP contribution < -0.4 is 9.47 Å². The van der Waals surface area contributed by atoms with Crippen LogP contribution in [0, 0.1) is 0 Å². The van der Waals surface area contributed by atoms with Gasteiger partial charge in [-0.15, -0.1) is 0 Å². The number of halogens is 3. The van der Waals surface area contributed by atoms with Crippen molar-refractivity contribution in [2.24, 2.45) is 0 Å². The summed E-state index contributed by atoms with van der Waals surface area (Å²) in [4.78, 5) is 4.06. The van der Waals surface area contributed by atoms with Gasteiger partial charge in [-0.1, -0.05) is 34.8 Å². The summed E-state index contributed by atoms with van der Waals surface area (Å²) in [5.41, 5.74) is 0.432. The number of alkyl halides is 3. The molecule has 17 heavy (non-hydrogen) atoms. The Morgan fingerprint density at radius 3 is 2.29 bits per heavy atom. The molecule has 0 aliphatic carbocycles. The van der Waals surface area contributed by atoms with Crippen LogP contribution in [0.1, 0.15) is 5.56 Å². The van der Waals surface area contributed by atoms with E-state index in [9.17, 15) is 0 Å². The van der Waals surface area contributed by atoms with Crippen LogP contribution >= 0.6 is 34.8 Å². The van der Waals surface area contributed by atoms with Crippen LogP contribution in [0.25, 0.3) is 0 Å². The van der Waals surface area contributed by atoms with Crippen molar-refractivity contribution in [1.82, 2.24) is 4.98 Å². The van der Waals surface area contributed by atoms with E-state index in [1.54, 1.807) is 13.2 Å². The Balaban J connectivity index is 2.89. The molecule has 0 unspecified atom stereocenters. The molecule has 1 rings (SSSR count). The second-order valence-corrected chi connectivity index (χ2v) is 5.36. The molecule has 0 atom stereocenters. The Hall–Kier alpha value is -0.420. The highest BCUT2D eigenvalue weighted by Crippen LogP contribution is 2.40. The van der Waals surface area contributed by atoms with Gasteiger partial charge in [-0.25, -0.2) is 0 Å². The minimum Gasteiger partial charge on any atom is -0.481 e. The molecular weight excluding hydrogens is 288 g/mol. The van der Waals surface area contributed by atoms with Crippen molar-refractivity contribution < 1.29 is 14.2 Å². The van der Waals surface area contributed by atoms with Crippen molar-refractivity contribution in [3.8, 4) is 11.8 Å². The molecule has 4 nitrogen and oxygen atoms in total. The third-order valence-electron chi connectivity index (χ3n) is 1.85. The summed E-state index contributed by atoms with van der Waals surface area (Å²) >= 11 is 17.4. The van der Waals surface area contributed by atoms with Gasteiger partial charge in [0.2, 0.25) is 15.6 Å². The summed E-state index contributed by atoms with van der Waals surface area (Å²) in [7, 11) is 3.05. The molecule has 0 aliphatic heterocycles. The summed E-state index contributed by atoms with van der Waals surface area (Å²) in [6.45, 7) is 0.804. The normalized spacial score (nSPS) is 11.4. The SMILES string of the molecule is COCCOc1cc(C(Cl)(Cl)Cl)cc(OC)n1. The molecule has 1 heterocycles. The smallest absolute Gasteiger partial charge is 0.217 e. The van der Waals surface area contributed by atoms with Crippen molar-refractivity contribution in [2.45, 2.75) is 3.79 Å². The Bertz CT molecular complexity index is 368. The van der Waals surface area contributed by atoms with Gasteiger partial charge in [0.05, 0.1) is 13.7 Å². The quantitative estimate of drug-likeness (QED) is 0.619. The lowest BCUT2D eigenvalue weighted by atomic mass is 10.3. The highest BCUT2D eigenvalue weighted by molar-refractivity contribution is 6.66. The molecule has 0 N–H and O–H groups in total. The molecule has 1 aromatic heterocycles. The first-order valence-corrected chi connectivity index (χ1v) is 5.85. The van der Waals surface area contributed by atoms with E-state index < -0.39 is 3.79 Å². The minimum atomic E-state index is -1.55. The average Bonchev–Trinajstić information content (AvgIpc) is 2.28. The lowest BCUT2D eigenvalue weighted by Gasteiger charge is -2.14. The van der Waals surface area contributed by atoms with E-state index in [2.05, 4.69) is 4.98 Å². The van der Waals surface area contributed by atoms with Gasteiger partial charge in [-0.05, 0) is 0 Å². The van der Waals surface area contributed by atoms with Gasteiger partial charge < -0.3 is 14.2 Å². The fourth-order valence-corrected chi connectivity index (χ4v) is 1.38. The van der Waals surface area contributed by atoms with Gasteiger partial charge in [0.25, 0.3) is 0 Å². The van der Waals surface area contributed by atoms with Crippen LogP contribution in [0.3, 0.4) is 0 Å². The largest absolute Gasteiger partial charge is 0.481 e. The molecule has 1 aromatic rings. The second-order valence-electron chi connectivity index (χ2n) is 3.08. The van der Waals surface area contributed by atoms with Crippen LogP contribution in [0.2, 0.25) is 0 Å². The third kappa shape index (κ3) is 4.76. The van der Waals surface area contributed by atoms with Gasteiger partial charge in [0.1, 0.15) is 6.61 Å². The molecule has 0 bridgehead atoms. The summed E-state index contributed by atoms with van der Waals surface area (Å²) in [6, 6.07) is 3.08. The number of hydrogen-bond donors (Lipinski definition) is 0. The Kier molecular flexibility index (Phi) is 5.59. The van der Waals surface area contributed by atoms with E-state index in [1.807, 2.05) is 0 Å². The summed E-state index contributed by atoms with van der Waals surface area (Å²) in [5.74, 6) is 0.643. The zero-order valence-electron chi connectivity index (χ0n) is 9.37. The van der Waals surface area contributed by atoms with E-state index in [1.165, 1.54) is 13.2 Å². The fraction of sp³-hybridized carbons (Fsp3) is 0.500. The molecule has 0 spiro atoms.